The van der Waals surface area contributed by atoms with Crippen molar-refractivity contribution in [2.45, 2.75) is 0 Å². The van der Waals surface area contributed by atoms with Gasteiger partial charge >= 0.3 is 0 Å². The molecule has 4 nitrogen and oxygen atoms in total. The molecule has 0 spiro atoms. The van der Waals surface area contributed by atoms with E-state index in [2.05, 4.69) is 150 Å². The fraction of sp³-hybridized carbons (Fsp3) is 0. The summed E-state index contributed by atoms with van der Waals surface area (Å²) < 4.78 is 4.97. The minimum atomic E-state index is 0.630. The fourth-order valence-electron chi connectivity index (χ4n) is 7.16. The summed E-state index contributed by atoms with van der Waals surface area (Å²) in [6.07, 6.45) is 0. The Morgan fingerprint density at radius 1 is 0.380 bits per heavy atom. The van der Waals surface area contributed by atoms with Gasteiger partial charge in [-0.3, -0.25) is 0 Å². The van der Waals surface area contributed by atoms with Gasteiger partial charge in [0.05, 0.1) is 16.7 Å². The maximum atomic E-state index is 5.20. The van der Waals surface area contributed by atoms with Crippen LogP contribution in [-0.4, -0.2) is 19.5 Å². The predicted molar refractivity (Wildman–Crippen MR) is 209 cm³/mol. The molecule has 0 radical (unpaired) electrons. The molecule has 7 aromatic carbocycles. The van der Waals surface area contributed by atoms with E-state index in [4.69, 9.17) is 15.0 Å². The van der Waals surface area contributed by atoms with Crippen molar-refractivity contribution in [3.05, 3.63) is 170 Å². The molecule has 10 aromatic rings. The molecule has 234 valence electrons. The molecule has 0 saturated carbocycles. The Labute approximate surface area is 292 Å². The molecule has 10 rings (SSSR count). The maximum Gasteiger partial charge on any atom is 0.166 e. The molecular formula is C45H28N4S. The zero-order valence-electron chi connectivity index (χ0n) is 26.9. The van der Waals surface area contributed by atoms with E-state index in [1.54, 1.807) is 0 Å². The SMILES string of the molecule is c1ccc(-c2ccc(-c3nc(-c4ccccc4)nc(-c4ccccc4-n4c5ccccc5c5ccc6sc7ccccc7c6c54)n3)cc2)cc1. The second-order valence-electron chi connectivity index (χ2n) is 12.4. The first kappa shape index (κ1) is 28.6. The van der Waals surface area contributed by atoms with Crippen LogP contribution >= 0.6 is 11.3 Å². The lowest BCUT2D eigenvalue weighted by atomic mass is 10.0. The van der Waals surface area contributed by atoms with Gasteiger partial charge in [0, 0.05) is 47.6 Å². The van der Waals surface area contributed by atoms with E-state index in [0.29, 0.717) is 17.5 Å². The Hall–Kier alpha value is -6.43. The lowest BCUT2D eigenvalue weighted by molar-refractivity contribution is 1.06. The third-order valence-electron chi connectivity index (χ3n) is 9.48. The van der Waals surface area contributed by atoms with Gasteiger partial charge in [-0.2, -0.15) is 0 Å². The van der Waals surface area contributed by atoms with Gasteiger partial charge in [0.15, 0.2) is 17.5 Å². The first-order valence-corrected chi connectivity index (χ1v) is 17.5. The lowest BCUT2D eigenvalue weighted by Crippen LogP contribution is -2.03. The summed E-state index contributed by atoms with van der Waals surface area (Å²) in [6.45, 7) is 0. The summed E-state index contributed by atoms with van der Waals surface area (Å²) in [6, 6.07) is 59.5. The molecule has 0 aliphatic rings. The Morgan fingerprint density at radius 2 is 0.940 bits per heavy atom. The van der Waals surface area contributed by atoms with Crippen molar-refractivity contribution >= 4 is 53.3 Å². The second kappa shape index (κ2) is 11.6. The lowest BCUT2D eigenvalue weighted by Gasteiger charge is -2.15. The Bertz CT molecular complexity index is 2850. The van der Waals surface area contributed by atoms with Gasteiger partial charge in [-0.15, -0.1) is 11.3 Å². The highest BCUT2D eigenvalue weighted by Crippen LogP contribution is 2.44. The minimum Gasteiger partial charge on any atom is -0.308 e. The van der Waals surface area contributed by atoms with Crippen LogP contribution in [0.15, 0.2) is 170 Å². The zero-order chi connectivity index (χ0) is 33.0. The van der Waals surface area contributed by atoms with Crippen molar-refractivity contribution in [2.75, 3.05) is 0 Å². The second-order valence-corrected chi connectivity index (χ2v) is 13.5. The first-order valence-electron chi connectivity index (χ1n) is 16.7. The number of benzene rings is 7. The molecule has 0 bridgehead atoms. The number of thiophene rings is 1. The Balaban J connectivity index is 1.23. The smallest absolute Gasteiger partial charge is 0.166 e. The first-order chi connectivity index (χ1) is 24.8. The van der Waals surface area contributed by atoms with Crippen LogP contribution in [0.4, 0.5) is 0 Å². The molecule has 0 fully saturated rings. The van der Waals surface area contributed by atoms with E-state index in [1.807, 2.05) is 35.6 Å². The van der Waals surface area contributed by atoms with Crippen LogP contribution in [0, 0.1) is 0 Å². The third kappa shape index (κ3) is 4.63. The van der Waals surface area contributed by atoms with Crippen molar-refractivity contribution in [3.63, 3.8) is 0 Å². The third-order valence-corrected chi connectivity index (χ3v) is 10.6. The van der Waals surface area contributed by atoms with Gasteiger partial charge in [0.25, 0.3) is 0 Å². The number of hydrogen-bond donors (Lipinski definition) is 0. The molecule has 50 heavy (non-hydrogen) atoms. The van der Waals surface area contributed by atoms with Crippen molar-refractivity contribution in [3.8, 4) is 51.0 Å². The molecule has 5 heteroatoms. The van der Waals surface area contributed by atoms with E-state index in [-0.39, 0.29) is 0 Å². The number of rotatable bonds is 5. The van der Waals surface area contributed by atoms with Crippen molar-refractivity contribution in [1.29, 1.82) is 0 Å². The summed E-state index contributed by atoms with van der Waals surface area (Å²) in [5.41, 5.74) is 8.51. The molecule has 0 aliphatic heterocycles. The number of para-hydroxylation sites is 2. The highest BCUT2D eigenvalue weighted by atomic mass is 32.1. The van der Waals surface area contributed by atoms with E-state index < -0.39 is 0 Å². The van der Waals surface area contributed by atoms with E-state index in [1.165, 1.54) is 42.0 Å². The number of nitrogens with zero attached hydrogens (tertiary/aromatic N) is 4. The highest BCUT2D eigenvalue weighted by molar-refractivity contribution is 7.26. The molecule has 0 saturated heterocycles. The summed E-state index contributed by atoms with van der Waals surface area (Å²) in [5, 5.41) is 4.99. The van der Waals surface area contributed by atoms with E-state index in [9.17, 15) is 0 Å². The van der Waals surface area contributed by atoms with E-state index in [0.717, 1.165) is 33.5 Å². The average molecular weight is 657 g/mol. The Kier molecular flexibility index (Phi) is 6.64. The van der Waals surface area contributed by atoms with Gasteiger partial charge < -0.3 is 4.57 Å². The molecule has 3 heterocycles. The van der Waals surface area contributed by atoms with E-state index >= 15 is 0 Å². The van der Waals surface area contributed by atoms with Gasteiger partial charge in [-0.25, -0.2) is 15.0 Å². The topological polar surface area (TPSA) is 43.6 Å². The van der Waals surface area contributed by atoms with Crippen LogP contribution in [0.25, 0.3) is 93.0 Å². The van der Waals surface area contributed by atoms with Crippen molar-refractivity contribution < 1.29 is 0 Å². The molecule has 0 unspecified atom stereocenters. The van der Waals surface area contributed by atoms with Crippen LogP contribution in [0.3, 0.4) is 0 Å². The van der Waals surface area contributed by atoms with Gasteiger partial charge in [0.2, 0.25) is 0 Å². The number of hydrogen-bond acceptors (Lipinski definition) is 4. The molecular weight excluding hydrogens is 629 g/mol. The quantitative estimate of drug-likeness (QED) is 0.185. The standard InChI is InChI=1S/C45H28N4S/c1-3-13-29(14-4-1)30-23-25-32(26-24-30)44-46-43(31-15-5-2-6-16-31)47-45(48-44)35-18-8-11-21-38(35)49-37-20-10-7-17-33(37)34-27-28-40-41(42(34)49)36-19-9-12-22-39(36)50-40/h1-28H. The van der Waals surface area contributed by atoms with Gasteiger partial charge in [0.1, 0.15) is 0 Å². The largest absolute Gasteiger partial charge is 0.308 e. The highest BCUT2D eigenvalue weighted by Gasteiger charge is 2.21. The molecule has 0 atom stereocenters. The van der Waals surface area contributed by atoms with Crippen molar-refractivity contribution in [1.82, 2.24) is 19.5 Å². The van der Waals surface area contributed by atoms with Gasteiger partial charge in [-0.05, 0) is 41.5 Å². The summed E-state index contributed by atoms with van der Waals surface area (Å²) >= 11 is 1.84. The normalized spacial score (nSPS) is 11.6. The van der Waals surface area contributed by atoms with Crippen LogP contribution in [0.1, 0.15) is 0 Å². The average Bonchev–Trinajstić information content (AvgIpc) is 3.74. The molecule has 3 aromatic heterocycles. The zero-order valence-corrected chi connectivity index (χ0v) is 27.7. The number of fused-ring (bicyclic) bond motifs is 7. The summed E-state index contributed by atoms with van der Waals surface area (Å²) in [4.78, 5) is 15.4. The van der Waals surface area contributed by atoms with Crippen LogP contribution in [-0.2, 0) is 0 Å². The van der Waals surface area contributed by atoms with Crippen LogP contribution in [0.5, 0.6) is 0 Å². The molecule has 0 amide bonds. The number of aromatic nitrogens is 4. The predicted octanol–water partition coefficient (Wildman–Crippen LogP) is 12.0. The van der Waals surface area contributed by atoms with Crippen molar-refractivity contribution in [2.24, 2.45) is 0 Å². The molecule has 0 N–H and O–H groups in total. The maximum absolute atomic E-state index is 5.20. The summed E-state index contributed by atoms with van der Waals surface area (Å²) in [7, 11) is 0. The monoisotopic (exact) mass is 656 g/mol. The summed E-state index contributed by atoms with van der Waals surface area (Å²) in [5.74, 6) is 1.91. The Morgan fingerprint density at radius 3 is 1.72 bits per heavy atom. The fourth-order valence-corrected chi connectivity index (χ4v) is 8.27. The molecule has 0 aliphatic carbocycles. The van der Waals surface area contributed by atoms with Gasteiger partial charge in [-0.1, -0.05) is 140 Å². The van der Waals surface area contributed by atoms with Crippen LogP contribution in [0.2, 0.25) is 0 Å². The minimum absolute atomic E-state index is 0.630. The van der Waals surface area contributed by atoms with Crippen LogP contribution < -0.4 is 0 Å².